The van der Waals surface area contributed by atoms with Gasteiger partial charge in [0.25, 0.3) is 5.91 Å². The highest BCUT2D eigenvalue weighted by atomic mass is 32.2. The SMILES string of the molecule is C=C1CC(C)(O)N(C(=O)CSc2nc3ccccc3[nH]2)N1. The van der Waals surface area contributed by atoms with Gasteiger partial charge in [0.2, 0.25) is 0 Å². The maximum absolute atomic E-state index is 12.2. The summed E-state index contributed by atoms with van der Waals surface area (Å²) in [4.78, 5) is 19.7. The van der Waals surface area contributed by atoms with E-state index < -0.39 is 5.72 Å². The number of carbonyl (C=O) groups is 1. The number of rotatable bonds is 3. The molecule has 110 valence electrons. The van der Waals surface area contributed by atoms with Gasteiger partial charge in [-0.15, -0.1) is 0 Å². The summed E-state index contributed by atoms with van der Waals surface area (Å²) in [6.45, 7) is 5.32. The van der Waals surface area contributed by atoms with E-state index in [-0.39, 0.29) is 11.7 Å². The number of H-pyrrole nitrogens is 1. The molecule has 7 heteroatoms. The fourth-order valence-electron chi connectivity index (χ4n) is 2.32. The molecule has 0 saturated carbocycles. The number of aliphatic hydroxyl groups is 1. The molecular formula is C14H16N4O2S. The van der Waals surface area contributed by atoms with Crippen molar-refractivity contribution in [2.45, 2.75) is 24.2 Å². The minimum absolute atomic E-state index is 0.177. The van der Waals surface area contributed by atoms with Gasteiger partial charge in [-0.1, -0.05) is 30.5 Å². The lowest BCUT2D eigenvalue weighted by molar-refractivity contribution is -0.152. The van der Waals surface area contributed by atoms with Crippen molar-refractivity contribution in [3.63, 3.8) is 0 Å². The van der Waals surface area contributed by atoms with Crippen LogP contribution in [-0.2, 0) is 4.79 Å². The number of amides is 1. The largest absolute Gasteiger partial charge is 0.369 e. The molecule has 1 aliphatic heterocycles. The Labute approximate surface area is 126 Å². The lowest BCUT2D eigenvalue weighted by atomic mass is 10.2. The third kappa shape index (κ3) is 2.74. The average molecular weight is 304 g/mol. The van der Waals surface area contributed by atoms with Gasteiger partial charge in [-0.25, -0.2) is 9.99 Å². The second kappa shape index (κ2) is 5.09. The first kappa shape index (κ1) is 14.0. The molecule has 1 aliphatic rings. The molecule has 1 amide bonds. The van der Waals surface area contributed by atoms with Gasteiger partial charge >= 0.3 is 0 Å². The second-order valence-corrected chi connectivity index (χ2v) is 6.15. The number of nitrogens with one attached hydrogen (secondary N) is 2. The van der Waals surface area contributed by atoms with E-state index in [0.717, 1.165) is 11.0 Å². The van der Waals surface area contributed by atoms with E-state index >= 15 is 0 Å². The van der Waals surface area contributed by atoms with E-state index in [9.17, 15) is 9.90 Å². The Morgan fingerprint density at radius 1 is 1.57 bits per heavy atom. The maximum Gasteiger partial charge on any atom is 0.254 e. The van der Waals surface area contributed by atoms with Crippen molar-refractivity contribution < 1.29 is 9.90 Å². The van der Waals surface area contributed by atoms with Crippen LogP contribution in [0, 0.1) is 0 Å². The van der Waals surface area contributed by atoms with Crippen LogP contribution < -0.4 is 5.43 Å². The summed E-state index contributed by atoms with van der Waals surface area (Å²) in [7, 11) is 0. The van der Waals surface area contributed by atoms with Gasteiger partial charge in [0, 0.05) is 12.1 Å². The van der Waals surface area contributed by atoms with E-state index in [0.29, 0.717) is 17.3 Å². The van der Waals surface area contributed by atoms with Crippen LogP contribution in [0.2, 0.25) is 0 Å². The van der Waals surface area contributed by atoms with Crippen LogP contribution in [0.4, 0.5) is 0 Å². The van der Waals surface area contributed by atoms with Gasteiger partial charge in [0.05, 0.1) is 16.8 Å². The van der Waals surface area contributed by atoms with Crippen molar-refractivity contribution >= 4 is 28.7 Å². The zero-order chi connectivity index (χ0) is 15.0. The highest BCUT2D eigenvalue weighted by Gasteiger charge is 2.39. The number of aromatic nitrogens is 2. The van der Waals surface area contributed by atoms with E-state index in [4.69, 9.17) is 0 Å². The van der Waals surface area contributed by atoms with E-state index in [1.807, 2.05) is 24.3 Å². The van der Waals surface area contributed by atoms with Crippen molar-refractivity contribution in [2.24, 2.45) is 0 Å². The third-order valence-corrected chi connectivity index (χ3v) is 4.11. The molecule has 0 spiro atoms. The predicted molar refractivity (Wildman–Crippen MR) is 81.2 cm³/mol. The van der Waals surface area contributed by atoms with Crippen LogP contribution in [0.15, 0.2) is 41.7 Å². The lowest BCUT2D eigenvalue weighted by Crippen LogP contribution is -2.50. The minimum Gasteiger partial charge on any atom is -0.369 e. The first-order valence-corrected chi connectivity index (χ1v) is 7.52. The minimum atomic E-state index is -1.23. The summed E-state index contributed by atoms with van der Waals surface area (Å²) < 4.78 is 0. The first-order valence-electron chi connectivity index (χ1n) is 6.53. The lowest BCUT2D eigenvalue weighted by Gasteiger charge is -2.28. The van der Waals surface area contributed by atoms with Gasteiger partial charge in [0.1, 0.15) is 0 Å². The zero-order valence-electron chi connectivity index (χ0n) is 11.6. The van der Waals surface area contributed by atoms with Crippen LogP contribution >= 0.6 is 11.8 Å². The van der Waals surface area contributed by atoms with Gasteiger partial charge in [-0.2, -0.15) is 0 Å². The van der Waals surface area contributed by atoms with Crippen molar-refractivity contribution in [2.75, 3.05) is 5.75 Å². The highest BCUT2D eigenvalue weighted by molar-refractivity contribution is 7.99. The quantitative estimate of drug-likeness (QED) is 0.751. The second-order valence-electron chi connectivity index (χ2n) is 5.19. The molecule has 1 saturated heterocycles. The Morgan fingerprint density at radius 2 is 2.33 bits per heavy atom. The molecule has 21 heavy (non-hydrogen) atoms. The Hall–Kier alpha value is -1.99. The molecule has 3 rings (SSSR count). The van der Waals surface area contributed by atoms with Crippen LogP contribution in [0.25, 0.3) is 11.0 Å². The third-order valence-electron chi connectivity index (χ3n) is 3.25. The molecule has 6 nitrogen and oxygen atoms in total. The number of imidazole rings is 1. The molecule has 1 aromatic heterocycles. The molecule has 0 bridgehead atoms. The number of hydrazine groups is 1. The molecule has 3 N–H and O–H groups in total. The topological polar surface area (TPSA) is 81.2 Å². The molecular weight excluding hydrogens is 288 g/mol. The number of nitrogens with zero attached hydrogens (tertiary/aromatic N) is 2. The molecule has 0 aliphatic carbocycles. The molecule has 1 fully saturated rings. The van der Waals surface area contributed by atoms with Crippen molar-refractivity contribution in [1.29, 1.82) is 0 Å². The summed E-state index contributed by atoms with van der Waals surface area (Å²) in [5.41, 5.74) is 4.00. The van der Waals surface area contributed by atoms with Crippen molar-refractivity contribution in [3.05, 3.63) is 36.5 Å². The fourth-order valence-corrected chi connectivity index (χ4v) is 3.06. The highest BCUT2D eigenvalue weighted by Crippen LogP contribution is 2.27. The summed E-state index contributed by atoms with van der Waals surface area (Å²) >= 11 is 1.30. The van der Waals surface area contributed by atoms with Crippen LogP contribution in [0.5, 0.6) is 0 Å². The van der Waals surface area contributed by atoms with Gasteiger partial charge < -0.3 is 10.1 Å². The summed E-state index contributed by atoms with van der Waals surface area (Å²) in [6.07, 6.45) is 0.327. The number of aromatic amines is 1. The van der Waals surface area contributed by atoms with E-state index in [1.54, 1.807) is 6.92 Å². The van der Waals surface area contributed by atoms with Crippen LogP contribution in [-0.4, -0.2) is 37.5 Å². The van der Waals surface area contributed by atoms with Gasteiger partial charge in [0.15, 0.2) is 10.9 Å². The molecule has 2 aromatic rings. The standard InChI is InChI=1S/C14H16N4O2S/c1-9-7-14(2,20)18(17-9)12(19)8-21-13-15-10-5-3-4-6-11(10)16-13/h3-6,17,20H,1,7-8H2,2H3,(H,15,16). The molecule has 1 aromatic carbocycles. The number of fused-ring (bicyclic) bond motifs is 1. The number of thioether (sulfide) groups is 1. The van der Waals surface area contributed by atoms with Crippen LogP contribution in [0.1, 0.15) is 13.3 Å². The monoisotopic (exact) mass is 304 g/mol. The van der Waals surface area contributed by atoms with Crippen molar-refractivity contribution in [1.82, 2.24) is 20.4 Å². The predicted octanol–water partition coefficient (Wildman–Crippen LogP) is 1.61. The molecule has 0 radical (unpaired) electrons. The van der Waals surface area contributed by atoms with Crippen LogP contribution in [0.3, 0.4) is 0 Å². The van der Waals surface area contributed by atoms with Gasteiger partial charge in [-0.05, 0) is 19.1 Å². The Balaban J connectivity index is 1.67. The number of para-hydroxylation sites is 2. The van der Waals surface area contributed by atoms with Gasteiger partial charge in [-0.3, -0.25) is 10.2 Å². The van der Waals surface area contributed by atoms with Crippen molar-refractivity contribution in [3.8, 4) is 0 Å². The number of hydrogen-bond donors (Lipinski definition) is 3. The average Bonchev–Trinajstić information content (AvgIpc) is 2.95. The Kier molecular flexibility index (Phi) is 3.38. The maximum atomic E-state index is 12.2. The normalized spacial score (nSPS) is 21.8. The summed E-state index contributed by atoms with van der Waals surface area (Å²) in [5, 5.41) is 12.1. The zero-order valence-corrected chi connectivity index (χ0v) is 12.4. The van der Waals surface area contributed by atoms with E-state index in [1.165, 1.54) is 16.8 Å². The number of hydrogen-bond acceptors (Lipinski definition) is 5. The molecule has 1 unspecified atom stereocenters. The number of carbonyl (C=O) groups excluding carboxylic acids is 1. The smallest absolute Gasteiger partial charge is 0.254 e. The summed E-state index contributed by atoms with van der Waals surface area (Å²) in [6, 6.07) is 7.69. The first-order chi connectivity index (χ1) is 9.95. The van der Waals surface area contributed by atoms with E-state index in [2.05, 4.69) is 22.0 Å². The Bertz CT molecular complexity index is 677. The summed E-state index contributed by atoms with van der Waals surface area (Å²) in [5.74, 6) is -0.0416. The Morgan fingerprint density at radius 3 is 3.00 bits per heavy atom. The number of benzene rings is 1. The molecule has 1 atom stereocenters. The fraction of sp³-hybridized carbons (Fsp3) is 0.286. The molecule has 2 heterocycles.